The van der Waals surface area contributed by atoms with E-state index in [-0.39, 0.29) is 11.7 Å². The van der Waals surface area contributed by atoms with E-state index in [2.05, 4.69) is 5.32 Å². The van der Waals surface area contributed by atoms with Crippen LogP contribution >= 0.6 is 0 Å². The van der Waals surface area contributed by atoms with E-state index in [0.717, 1.165) is 0 Å². The summed E-state index contributed by atoms with van der Waals surface area (Å²) in [6.07, 6.45) is 0.989. The first-order valence-electron chi connectivity index (χ1n) is 8.73. The van der Waals surface area contributed by atoms with E-state index in [1.54, 1.807) is 24.3 Å². The molecule has 2 heterocycles. The zero-order valence-electron chi connectivity index (χ0n) is 14.3. The van der Waals surface area contributed by atoms with Gasteiger partial charge in [0.15, 0.2) is 11.5 Å². The molecule has 2 aromatic carbocycles. The molecule has 1 amide bonds. The Morgan fingerprint density at radius 3 is 2.58 bits per heavy atom. The Morgan fingerprint density at radius 1 is 1.00 bits per heavy atom. The molecular formula is C20H20FNO4. The quantitative estimate of drug-likeness (QED) is 0.916. The number of fused-ring (bicyclic) bond motifs is 1. The number of para-hydroxylation sites is 1. The van der Waals surface area contributed by atoms with Crippen molar-refractivity contribution in [2.24, 2.45) is 0 Å². The predicted molar refractivity (Wildman–Crippen MR) is 94.2 cm³/mol. The number of nitrogens with one attached hydrogen (secondary N) is 1. The Kier molecular flexibility index (Phi) is 4.51. The number of amides is 1. The molecule has 2 aliphatic heterocycles. The van der Waals surface area contributed by atoms with Crippen LogP contribution in [0.15, 0.2) is 42.5 Å². The molecule has 0 atom stereocenters. The zero-order chi connectivity index (χ0) is 18.0. The lowest BCUT2D eigenvalue weighted by Gasteiger charge is -2.36. The third kappa shape index (κ3) is 3.01. The standard InChI is InChI=1S/C20H20FNO4/c21-15-4-1-3-14(13-15)20(7-9-24-10-8-20)19(23)22-16-5-2-6-17-18(16)26-12-11-25-17/h1-6,13H,7-12H2,(H,22,23). The third-order valence-corrected chi connectivity index (χ3v) is 4.97. The number of anilines is 1. The van der Waals surface area contributed by atoms with E-state index in [0.29, 0.717) is 62.0 Å². The Morgan fingerprint density at radius 2 is 1.77 bits per heavy atom. The van der Waals surface area contributed by atoms with Crippen LogP contribution in [-0.2, 0) is 14.9 Å². The van der Waals surface area contributed by atoms with Gasteiger partial charge in [-0.1, -0.05) is 18.2 Å². The average Bonchev–Trinajstić information content (AvgIpc) is 2.69. The van der Waals surface area contributed by atoms with Gasteiger partial charge < -0.3 is 19.5 Å². The highest BCUT2D eigenvalue weighted by molar-refractivity contribution is 6.00. The minimum atomic E-state index is -0.835. The van der Waals surface area contributed by atoms with Crippen LogP contribution in [0.4, 0.5) is 10.1 Å². The Balaban J connectivity index is 1.68. The van der Waals surface area contributed by atoms with Gasteiger partial charge in [0.2, 0.25) is 5.91 Å². The van der Waals surface area contributed by atoms with Gasteiger partial charge in [-0.25, -0.2) is 4.39 Å². The van der Waals surface area contributed by atoms with Crippen molar-refractivity contribution in [1.29, 1.82) is 0 Å². The zero-order valence-corrected chi connectivity index (χ0v) is 14.3. The second kappa shape index (κ2) is 6.96. The molecule has 0 unspecified atom stereocenters. The summed E-state index contributed by atoms with van der Waals surface area (Å²) in [5.41, 5.74) is 0.397. The molecule has 5 nitrogen and oxygen atoms in total. The second-order valence-electron chi connectivity index (χ2n) is 6.49. The molecule has 6 heteroatoms. The molecule has 0 saturated carbocycles. The van der Waals surface area contributed by atoms with Gasteiger partial charge in [0.05, 0.1) is 11.1 Å². The normalized spacial score (nSPS) is 18.2. The second-order valence-corrected chi connectivity index (χ2v) is 6.49. The number of ether oxygens (including phenoxy) is 3. The molecular weight excluding hydrogens is 337 g/mol. The van der Waals surface area contributed by atoms with Crippen LogP contribution in [0.3, 0.4) is 0 Å². The van der Waals surface area contributed by atoms with Gasteiger partial charge in [-0.3, -0.25) is 4.79 Å². The van der Waals surface area contributed by atoms with Crippen molar-refractivity contribution >= 4 is 11.6 Å². The number of hydrogen-bond donors (Lipinski definition) is 1. The lowest BCUT2D eigenvalue weighted by Crippen LogP contribution is -2.45. The Hall–Kier alpha value is -2.60. The smallest absolute Gasteiger partial charge is 0.235 e. The maximum absolute atomic E-state index is 13.8. The molecule has 0 radical (unpaired) electrons. The molecule has 0 aromatic heterocycles. The first-order chi connectivity index (χ1) is 12.7. The number of halogens is 1. The van der Waals surface area contributed by atoms with Crippen LogP contribution in [0.5, 0.6) is 11.5 Å². The summed E-state index contributed by atoms with van der Waals surface area (Å²) in [6, 6.07) is 11.6. The fourth-order valence-electron chi connectivity index (χ4n) is 3.57. The van der Waals surface area contributed by atoms with Gasteiger partial charge in [-0.15, -0.1) is 0 Å². The summed E-state index contributed by atoms with van der Waals surface area (Å²) in [5.74, 6) is 0.610. The fourth-order valence-corrected chi connectivity index (χ4v) is 3.57. The number of hydrogen-bond acceptors (Lipinski definition) is 4. The van der Waals surface area contributed by atoms with E-state index in [1.165, 1.54) is 12.1 Å². The molecule has 1 fully saturated rings. The summed E-state index contributed by atoms with van der Waals surface area (Å²) < 4.78 is 30.5. The van der Waals surface area contributed by atoms with Crippen LogP contribution in [0.1, 0.15) is 18.4 Å². The van der Waals surface area contributed by atoms with E-state index in [9.17, 15) is 9.18 Å². The number of carbonyl (C=O) groups excluding carboxylic acids is 1. The SMILES string of the molecule is O=C(Nc1cccc2c1OCCO2)C1(c2cccc(F)c2)CCOCC1. The largest absolute Gasteiger partial charge is 0.486 e. The lowest BCUT2D eigenvalue weighted by molar-refractivity contribution is -0.125. The van der Waals surface area contributed by atoms with E-state index in [4.69, 9.17) is 14.2 Å². The lowest BCUT2D eigenvalue weighted by atomic mass is 9.73. The van der Waals surface area contributed by atoms with Crippen LogP contribution < -0.4 is 14.8 Å². The molecule has 0 bridgehead atoms. The van der Waals surface area contributed by atoms with E-state index in [1.807, 2.05) is 6.07 Å². The first-order valence-corrected chi connectivity index (χ1v) is 8.73. The highest BCUT2D eigenvalue weighted by Gasteiger charge is 2.42. The maximum atomic E-state index is 13.8. The number of benzene rings is 2. The highest BCUT2D eigenvalue weighted by Crippen LogP contribution is 2.40. The van der Waals surface area contributed by atoms with Crippen molar-refractivity contribution in [3.8, 4) is 11.5 Å². The molecule has 1 saturated heterocycles. The monoisotopic (exact) mass is 357 g/mol. The summed E-state index contributed by atoms with van der Waals surface area (Å²) in [5, 5.41) is 2.98. The van der Waals surface area contributed by atoms with Crippen LogP contribution in [0, 0.1) is 5.82 Å². The molecule has 26 heavy (non-hydrogen) atoms. The van der Waals surface area contributed by atoms with Crippen molar-refractivity contribution in [2.75, 3.05) is 31.7 Å². The third-order valence-electron chi connectivity index (χ3n) is 4.97. The molecule has 136 valence electrons. The van der Waals surface area contributed by atoms with Gasteiger partial charge in [0.1, 0.15) is 19.0 Å². The number of carbonyl (C=O) groups is 1. The number of rotatable bonds is 3. The van der Waals surface area contributed by atoms with Crippen molar-refractivity contribution in [3.05, 3.63) is 53.8 Å². The average molecular weight is 357 g/mol. The van der Waals surface area contributed by atoms with Crippen molar-refractivity contribution in [1.82, 2.24) is 0 Å². The van der Waals surface area contributed by atoms with E-state index < -0.39 is 5.41 Å². The van der Waals surface area contributed by atoms with Crippen LogP contribution in [-0.4, -0.2) is 32.3 Å². The summed E-state index contributed by atoms with van der Waals surface area (Å²) in [4.78, 5) is 13.3. The summed E-state index contributed by atoms with van der Waals surface area (Å²) in [7, 11) is 0. The van der Waals surface area contributed by atoms with E-state index >= 15 is 0 Å². The topological polar surface area (TPSA) is 56.8 Å². The fraction of sp³-hybridized carbons (Fsp3) is 0.350. The predicted octanol–water partition coefficient (Wildman–Crippen LogP) is 3.28. The molecule has 4 rings (SSSR count). The van der Waals surface area contributed by atoms with Gasteiger partial charge in [-0.2, -0.15) is 0 Å². The van der Waals surface area contributed by atoms with Crippen molar-refractivity contribution in [3.63, 3.8) is 0 Å². The van der Waals surface area contributed by atoms with Crippen LogP contribution in [0.2, 0.25) is 0 Å². The van der Waals surface area contributed by atoms with Gasteiger partial charge in [0, 0.05) is 13.2 Å². The van der Waals surface area contributed by atoms with Gasteiger partial charge in [-0.05, 0) is 42.7 Å². The first kappa shape index (κ1) is 16.8. The highest BCUT2D eigenvalue weighted by atomic mass is 19.1. The van der Waals surface area contributed by atoms with Crippen molar-refractivity contribution < 1.29 is 23.4 Å². The minimum absolute atomic E-state index is 0.186. The van der Waals surface area contributed by atoms with Gasteiger partial charge in [0.25, 0.3) is 0 Å². The molecule has 2 aromatic rings. The minimum Gasteiger partial charge on any atom is -0.486 e. The molecule has 0 spiro atoms. The van der Waals surface area contributed by atoms with Gasteiger partial charge >= 0.3 is 0 Å². The van der Waals surface area contributed by atoms with Crippen molar-refractivity contribution in [2.45, 2.75) is 18.3 Å². The molecule has 1 N–H and O–H groups in total. The Bertz CT molecular complexity index is 817. The maximum Gasteiger partial charge on any atom is 0.235 e. The molecule has 2 aliphatic rings. The summed E-state index contributed by atoms with van der Waals surface area (Å²) >= 11 is 0. The Labute approximate surface area is 151 Å². The van der Waals surface area contributed by atoms with Crippen LogP contribution in [0.25, 0.3) is 0 Å². The summed E-state index contributed by atoms with van der Waals surface area (Å²) in [6.45, 7) is 1.82. The molecule has 0 aliphatic carbocycles.